The van der Waals surface area contributed by atoms with Gasteiger partial charge in [-0.15, -0.1) is 0 Å². The van der Waals surface area contributed by atoms with Gasteiger partial charge < -0.3 is 4.74 Å². The van der Waals surface area contributed by atoms with Gasteiger partial charge in [0, 0.05) is 23.4 Å². The summed E-state index contributed by atoms with van der Waals surface area (Å²) < 4.78 is 69.5. The average Bonchev–Trinajstić information content (AvgIpc) is 2.77. The van der Waals surface area contributed by atoms with Crippen LogP contribution in [0.3, 0.4) is 0 Å². The van der Waals surface area contributed by atoms with Gasteiger partial charge in [0.25, 0.3) is 0 Å². The van der Waals surface area contributed by atoms with Crippen LogP contribution in [0.1, 0.15) is 11.1 Å². The summed E-state index contributed by atoms with van der Waals surface area (Å²) in [6, 6.07) is 18.1. The number of nitriles is 1. The molecule has 0 spiro atoms. The lowest BCUT2D eigenvalue weighted by Crippen LogP contribution is -2.07. The molecule has 3 aromatic carbocycles. The maximum atomic E-state index is 13.5. The molecule has 0 N–H and O–H groups in total. The number of aromatic nitrogens is 1. The summed E-state index contributed by atoms with van der Waals surface area (Å²) in [6.07, 6.45) is -2.37. The van der Waals surface area contributed by atoms with Crippen LogP contribution in [0, 0.1) is 11.3 Å². The lowest BCUT2D eigenvalue weighted by molar-refractivity contribution is -0.136. The van der Waals surface area contributed by atoms with Crippen molar-refractivity contribution in [2.45, 2.75) is 11.1 Å². The lowest BCUT2D eigenvalue weighted by atomic mass is 9.95. The largest absolute Gasteiger partial charge is 0.457 e. The van der Waals surface area contributed by atoms with E-state index >= 15 is 0 Å². The number of hydrogen-bond donors (Lipinski definition) is 0. The number of alkyl halides is 3. The van der Waals surface area contributed by atoms with Gasteiger partial charge in [-0.1, -0.05) is 24.3 Å². The fraction of sp³-hybridized carbons (Fsp3) is 0.0833. The quantitative estimate of drug-likeness (QED) is 0.368. The van der Waals surface area contributed by atoms with Crippen molar-refractivity contribution in [2.24, 2.45) is 0 Å². The van der Waals surface area contributed by atoms with Crippen LogP contribution in [-0.2, 0) is 16.0 Å². The maximum absolute atomic E-state index is 13.5. The van der Waals surface area contributed by atoms with Gasteiger partial charge in [-0.2, -0.15) is 18.4 Å². The molecule has 5 nitrogen and oxygen atoms in total. The highest BCUT2D eigenvalue weighted by molar-refractivity contribution is 7.90. The minimum atomic E-state index is -4.60. The predicted molar refractivity (Wildman–Crippen MR) is 117 cm³/mol. The van der Waals surface area contributed by atoms with Crippen LogP contribution in [0.4, 0.5) is 13.2 Å². The zero-order valence-corrected chi connectivity index (χ0v) is 17.9. The Morgan fingerprint density at radius 2 is 1.67 bits per heavy atom. The number of ether oxygens (including phenoxy) is 1. The van der Waals surface area contributed by atoms with Gasteiger partial charge >= 0.3 is 6.18 Å². The average molecular weight is 468 g/mol. The van der Waals surface area contributed by atoms with Gasteiger partial charge in [0.05, 0.1) is 21.5 Å². The molecule has 0 bridgehead atoms. The first-order valence-electron chi connectivity index (χ1n) is 9.55. The van der Waals surface area contributed by atoms with E-state index in [-0.39, 0.29) is 21.4 Å². The van der Waals surface area contributed by atoms with Gasteiger partial charge in [0.2, 0.25) is 0 Å². The van der Waals surface area contributed by atoms with Gasteiger partial charge in [0.1, 0.15) is 17.6 Å². The molecule has 0 saturated heterocycles. The van der Waals surface area contributed by atoms with Crippen LogP contribution >= 0.6 is 0 Å². The molecule has 0 unspecified atom stereocenters. The van der Waals surface area contributed by atoms with E-state index in [1.807, 2.05) is 6.07 Å². The minimum Gasteiger partial charge on any atom is -0.457 e. The highest BCUT2D eigenvalue weighted by Gasteiger charge is 2.33. The van der Waals surface area contributed by atoms with Gasteiger partial charge in [-0.05, 0) is 48.0 Å². The van der Waals surface area contributed by atoms with Crippen LogP contribution in [0.15, 0.2) is 77.8 Å². The topological polar surface area (TPSA) is 80.0 Å². The minimum absolute atomic E-state index is 0.122. The van der Waals surface area contributed by atoms with Crippen LogP contribution in [-0.4, -0.2) is 19.7 Å². The number of halogens is 3. The first kappa shape index (κ1) is 22.3. The second kappa shape index (κ2) is 8.22. The fourth-order valence-corrected chi connectivity index (χ4v) is 4.08. The summed E-state index contributed by atoms with van der Waals surface area (Å²) >= 11 is 0. The normalized spacial score (nSPS) is 11.8. The van der Waals surface area contributed by atoms with Gasteiger partial charge in [-0.3, -0.25) is 4.98 Å². The van der Waals surface area contributed by atoms with Crippen molar-refractivity contribution in [3.8, 4) is 28.7 Å². The SMILES string of the molecule is CS(=O)(=O)c1ccc(Oc2cccc(-c3c(C#N)cnc4c(C(F)(F)F)cccc34)c2)cc1. The van der Waals surface area contributed by atoms with Gasteiger partial charge in [0.15, 0.2) is 9.84 Å². The summed E-state index contributed by atoms with van der Waals surface area (Å²) in [5.74, 6) is 0.736. The third-order valence-electron chi connectivity index (χ3n) is 4.93. The lowest BCUT2D eigenvalue weighted by Gasteiger charge is -2.14. The van der Waals surface area contributed by atoms with Crippen LogP contribution < -0.4 is 4.74 Å². The number of nitrogens with zero attached hydrogens (tertiary/aromatic N) is 2. The molecular weight excluding hydrogens is 453 g/mol. The number of sulfone groups is 1. The summed E-state index contributed by atoms with van der Waals surface area (Å²) in [4.78, 5) is 4.04. The van der Waals surface area contributed by atoms with Crippen molar-refractivity contribution in [3.63, 3.8) is 0 Å². The van der Waals surface area contributed by atoms with E-state index in [9.17, 15) is 26.9 Å². The molecule has 0 amide bonds. The zero-order chi connectivity index (χ0) is 23.8. The monoisotopic (exact) mass is 468 g/mol. The molecular formula is C24H15F3N2O3S. The van der Waals surface area contributed by atoms with Crippen molar-refractivity contribution in [2.75, 3.05) is 6.26 Å². The Morgan fingerprint density at radius 3 is 2.30 bits per heavy atom. The molecule has 166 valence electrons. The van der Waals surface area contributed by atoms with E-state index in [1.54, 1.807) is 24.3 Å². The Morgan fingerprint density at radius 1 is 0.970 bits per heavy atom. The molecule has 9 heteroatoms. The highest BCUT2D eigenvalue weighted by atomic mass is 32.2. The Balaban J connectivity index is 1.80. The number of hydrogen-bond acceptors (Lipinski definition) is 5. The summed E-state index contributed by atoms with van der Waals surface area (Å²) in [7, 11) is -3.35. The molecule has 0 saturated carbocycles. The Hall–Kier alpha value is -3.90. The van der Waals surface area contributed by atoms with E-state index in [2.05, 4.69) is 4.98 Å². The van der Waals surface area contributed by atoms with Crippen molar-refractivity contribution in [3.05, 3.63) is 84.1 Å². The van der Waals surface area contributed by atoms with Crippen molar-refractivity contribution < 1.29 is 26.3 Å². The highest BCUT2D eigenvalue weighted by Crippen LogP contribution is 2.39. The summed E-state index contributed by atoms with van der Waals surface area (Å²) in [6.45, 7) is 0. The number of para-hydroxylation sites is 1. The van der Waals surface area contributed by atoms with E-state index in [1.165, 1.54) is 36.4 Å². The molecule has 0 aliphatic heterocycles. The second-order valence-corrected chi connectivity index (χ2v) is 9.25. The molecule has 0 atom stereocenters. The molecule has 0 aliphatic carbocycles. The van der Waals surface area contributed by atoms with Crippen molar-refractivity contribution >= 4 is 20.7 Å². The number of fused-ring (bicyclic) bond motifs is 1. The van der Waals surface area contributed by atoms with Crippen LogP contribution in [0.2, 0.25) is 0 Å². The number of benzene rings is 3. The van der Waals surface area contributed by atoms with Crippen molar-refractivity contribution in [1.82, 2.24) is 4.98 Å². The Labute approximate surface area is 187 Å². The molecule has 0 fully saturated rings. The maximum Gasteiger partial charge on any atom is 0.418 e. The zero-order valence-electron chi connectivity index (χ0n) is 17.1. The second-order valence-electron chi connectivity index (χ2n) is 7.23. The summed E-state index contributed by atoms with van der Waals surface area (Å²) in [5.41, 5.74) is -0.225. The van der Waals surface area contributed by atoms with E-state index in [4.69, 9.17) is 4.74 Å². The first-order valence-corrected chi connectivity index (χ1v) is 11.4. The summed E-state index contributed by atoms with van der Waals surface area (Å²) in [5, 5.41) is 9.77. The number of pyridine rings is 1. The fourth-order valence-electron chi connectivity index (χ4n) is 3.45. The standard InChI is InChI=1S/C24H15F3N2O3S/c1-33(30,31)19-10-8-17(9-11-19)32-18-5-2-4-15(12-18)22-16(13-28)14-29-23-20(22)6-3-7-21(23)24(25,26)27/h2-12,14H,1H3. The molecule has 0 radical (unpaired) electrons. The third kappa shape index (κ3) is 4.52. The molecule has 4 aromatic rings. The Bertz CT molecular complexity index is 1510. The van der Waals surface area contributed by atoms with Crippen LogP contribution in [0.5, 0.6) is 11.5 Å². The smallest absolute Gasteiger partial charge is 0.418 e. The first-order chi connectivity index (χ1) is 15.6. The predicted octanol–water partition coefficient (Wildman–Crippen LogP) is 5.99. The van der Waals surface area contributed by atoms with Gasteiger partial charge in [-0.25, -0.2) is 8.42 Å². The van der Waals surface area contributed by atoms with Crippen LogP contribution in [0.25, 0.3) is 22.0 Å². The molecule has 33 heavy (non-hydrogen) atoms. The van der Waals surface area contributed by atoms with E-state index in [0.29, 0.717) is 22.6 Å². The van der Waals surface area contributed by atoms with E-state index in [0.717, 1.165) is 18.5 Å². The molecule has 1 heterocycles. The number of rotatable bonds is 4. The van der Waals surface area contributed by atoms with E-state index < -0.39 is 21.6 Å². The third-order valence-corrected chi connectivity index (χ3v) is 6.06. The molecule has 0 aliphatic rings. The Kier molecular flexibility index (Phi) is 5.56. The van der Waals surface area contributed by atoms with Crippen molar-refractivity contribution in [1.29, 1.82) is 5.26 Å². The molecule has 1 aromatic heterocycles. The molecule has 4 rings (SSSR count).